The molecule has 1 saturated carbocycles. The number of carboxylic acid groups (broad SMARTS) is 1. The molecule has 0 radical (unpaired) electrons. The topological polar surface area (TPSA) is 81.8 Å². The van der Waals surface area contributed by atoms with Gasteiger partial charge in [-0.3, -0.25) is 0 Å². The van der Waals surface area contributed by atoms with E-state index < -0.39 is 11.6 Å². The van der Waals surface area contributed by atoms with Gasteiger partial charge in [-0.2, -0.15) is 0 Å². The van der Waals surface area contributed by atoms with Crippen LogP contribution in [0.5, 0.6) is 0 Å². The number of nitrogens with zero attached hydrogens (tertiary/aromatic N) is 1. The Hall–Kier alpha value is -2.70. The van der Waals surface area contributed by atoms with Crippen LogP contribution in [0.1, 0.15) is 62.5 Å². The summed E-state index contributed by atoms with van der Waals surface area (Å²) >= 11 is 0. The fourth-order valence-electron chi connectivity index (χ4n) is 4.66. The monoisotopic (exact) mass is 451 g/mol. The number of aliphatic carboxylic acids is 1. The van der Waals surface area contributed by atoms with Crippen LogP contribution in [0, 0.1) is 18.8 Å². The first-order valence-electron chi connectivity index (χ1n) is 11.7. The maximum Gasteiger partial charge on any atom is 0.335 e. The summed E-state index contributed by atoms with van der Waals surface area (Å²) in [6.45, 7) is 6.40. The summed E-state index contributed by atoms with van der Waals surface area (Å²) < 4.78 is 17.4. The Labute approximate surface area is 194 Å². The maximum absolute atomic E-state index is 11.3. The molecule has 0 amide bonds. The van der Waals surface area contributed by atoms with Crippen LogP contribution in [0.4, 0.5) is 0 Å². The van der Waals surface area contributed by atoms with Gasteiger partial charge in [0.25, 0.3) is 0 Å². The third-order valence-corrected chi connectivity index (χ3v) is 6.73. The van der Waals surface area contributed by atoms with Crippen LogP contribution < -0.4 is 0 Å². The van der Waals surface area contributed by atoms with Gasteiger partial charge in [-0.15, -0.1) is 0 Å². The molecule has 1 heterocycles. The quantitative estimate of drug-likeness (QED) is 0.434. The van der Waals surface area contributed by atoms with E-state index in [2.05, 4.69) is 48.3 Å². The lowest BCUT2D eigenvalue weighted by molar-refractivity contribution is -0.163. The molecule has 33 heavy (non-hydrogen) atoms. The molecule has 1 fully saturated rings. The van der Waals surface area contributed by atoms with Gasteiger partial charge in [-0.1, -0.05) is 36.8 Å². The molecule has 176 valence electrons. The summed E-state index contributed by atoms with van der Waals surface area (Å²) in [7, 11) is 0. The van der Waals surface area contributed by atoms with Gasteiger partial charge in [0.05, 0.1) is 13.2 Å². The van der Waals surface area contributed by atoms with Gasteiger partial charge in [-0.25, -0.2) is 9.78 Å². The number of hydrogen-bond donors (Lipinski definition) is 1. The highest BCUT2D eigenvalue weighted by Crippen LogP contribution is 2.34. The number of benzene rings is 2. The zero-order chi connectivity index (χ0) is 23.4. The Bertz CT molecular complexity index is 1080. The van der Waals surface area contributed by atoms with Crippen molar-refractivity contribution >= 4 is 16.7 Å². The molecule has 1 aliphatic carbocycles. The van der Waals surface area contributed by atoms with E-state index >= 15 is 0 Å². The van der Waals surface area contributed by atoms with E-state index in [1.54, 1.807) is 20.1 Å². The highest BCUT2D eigenvalue weighted by molar-refractivity contribution is 5.86. The molecule has 0 saturated heterocycles. The van der Waals surface area contributed by atoms with E-state index in [4.69, 9.17) is 13.9 Å². The second kappa shape index (κ2) is 10.1. The Balaban J connectivity index is 1.43. The predicted octanol–water partition coefficient (Wildman–Crippen LogP) is 5.93. The van der Waals surface area contributed by atoms with Gasteiger partial charge in [0.1, 0.15) is 18.1 Å². The van der Waals surface area contributed by atoms with Crippen molar-refractivity contribution in [2.45, 2.75) is 58.2 Å². The van der Waals surface area contributed by atoms with Gasteiger partial charge < -0.3 is 19.0 Å². The third kappa shape index (κ3) is 5.63. The molecule has 1 aromatic heterocycles. The summed E-state index contributed by atoms with van der Waals surface area (Å²) in [4.78, 5) is 15.7. The van der Waals surface area contributed by atoms with E-state index in [-0.39, 0.29) is 6.10 Å². The lowest BCUT2D eigenvalue weighted by atomic mass is 9.82. The summed E-state index contributed by atoms with van der Waals surface area (Å²) in [5.41, 5.74) is 1.91. The highest BCUT2D eigenvalue weighted by Gasteiger charge is 2.31. The average Bonchev–Trinajstić information content (AvgIpc) is 3.33. The second-order valence-corrected chi connectivity index (χ2v) is 9.71. The predicted molar refractivity (Wildman–Crippen MR) is 126 cm³/mol. The van der Waals surface area contributed by atoms with Gasteiger partial charge in [0.2, 0.25) is 0 Å². The number of carboxylic acids is 1. The van der Waals surface area contributed by atoms with Crippen molar-refractivity contribution < 1.29 is 23.8 Å². The number of hydrogen-bond acceptors (Lipinski definition) is 5. The summed E-state index contributed by atoms with van der Waals surface area (Å²) in [5, 5.41) is 11.7. The second-order valence-electron chi connectivity index (χ2n) is 9.71. The molecule has 6 nitrogen and oxygen atoms in total. The Morgan fingerprint density at radius 3 is 2.73 bits per heavy atom. The molecule has 3 unspecified atom stereocenters. The van der Waals surface area contributed by atoms with Crippen molar-refractivity contribution in [2.75, 3.05) is 13.2 Å². The molecule has 3 aromatic rings. The SMILES string of the molecule is Cc1cccc2cc(C(OCC3CCCC(COC(C)(C)C(=O)O)C3)c3cocn3)ccc12. The standard InChI is InChI=1S/C27H33NO5/c1-18-6-4-9-21-13-22(10-11-23(18)21)25(24-16-31-17-28-24)32-14-19-7-5-8-20(12-19)15-33-27(2,3)26(29)30/h4,6,9-11,13,16-17,19-20,25H,5,7-8,12,14-15H2,1-3H3,(H,29,30). The van der Waals surface area contributed by atoms with Gasteiger partial charge in [-0.05, 0) is 79.8 Å². The van der Waals surface area contributed by atoms with E-state index in [0.717, 1.165) is 36.9 Å². The number of oxazole rings is 1. The lowest BCUT2D eigenvalue weighted by Gasteiger charge is -2.32. The minimum absolute atomic E-state index is 0.295. The smallest absolute Gasteiger partial charge is 0.335 e. The van der Waals surface area contributed by atoms with Crippen molar-refractivity contribution in [3.05, 3.63) is 65.9 Å². The molecule has 0 bridgehead atoms. The first-order chi connectivity index (χ1) is 15.8. The first kappa shape index (κ1) is 23.5. The number of rotatable bonds is 9. The summed E-state index contributed by atoms with van der Waals surface area (Å²) in [6, 6.07) is 12.7. The molecule has 1 aliphatic rings. The van der Waals surface area contributed by atoms with Crippen LogP contribution in [0.25, 0.3) is 10.8 Å². The van der Waals surface area contributed by atoms with Crippen molar-refractivity contribution in [1.82, 2.24) is 4.98 Å². The molecule has 6 heteroatoms. The van der Waals surface area contributed by atoms with E-state index in [0.29, 0.717) is 25.0 Å². The fourth-order valence-corrected chi connectivity index (χ4v) is 4.66. The Morgan fingerprint density at radius 1 is 1.21 bits per heavy atom. The molecule has 3 atom stereocenters. The zero-order valence-corrected chi connectivity index (χ0v) is 19.6. The highest BCUT2D eigenvalue weighted by atomic mass is 16.5. The molecule has 4 rings (SSSR count). The summed E-state index contributed by atoms with van der Waals surface area (Å²) in [5.74, 6) is -0.184. The molecule has 0 spiro atoms. The Morgan fingerprint density at radius 2 is 2.00 bits per heavy atom. The number of aryl methyl sites for hydroxylation is 1. The summed E-state index contributed by atoms with van der Waals surface area (Å²) in [6.07, 6.45) is 7.02. The normalized spacial score (nSPS) is 20.1. The van der Waals surface area contributed by atoms with Gasteiger partial charge >= 0.3 is 5.97 Å². The lowest BCUT2D eigenvalue weighted by Crippen LogP contribution is -2.37. The van der Waals surface area contributed by atoms with Gasteiger partial charge in [0, 0.05) is 0 Å². The number of ether oxygens (including phenoxy) is 2. The van der Waals surface area contributed by atoms with Crippen molar-refractivity contribution in [3.8, 4) is 0 Å². The van der Waals surface area contributed by atoms with Crippen molar-refractivity contribution in [2.24, 2.45) is 11.8 Å². The zero-order valence-electron chi connectivity index (χ0n) is 19.6. The van der Waals surface area contributed by atoms with Crippen LogP contribution in [-0.2, 0) is 14.3 Å². The molecular formula is C27H33NO5. The van der Waals surface area contributed by atoms with Crippen LogP contribution in [-0.4, -0.2) is 34.9 Å². The number of carbonyl (C=O) groups is 1. The maximum atomic E-state index is 11.3. The number of aromatic nitrogens is 1. The average molecular weight is 452 g/mol. The van der Waals surface area contributed by atoms with Crippen LogP contribution in [0.3, 0.4) is 0 Å². The molecule has 1 N–H and O–H groups in total. The molecule has 0 aliphatic heterocycles. The largest absolute Gasteiger partial charge is 0.479 e. The minimum Gasteiger partial charge on any atom is -0.479 e. The van der Waals surface area contributed by atoms with Gasteiger partial charge in [0.15, 0.2) is 12.0 Å². The molecular weight excluding hydrogens is 418 g/mol. The van der Waals surface area contributed by atoms with Crippen LogP contribution in [0.15, 0.2) is 53.5 Å². The minimum atomic E-state index is -1.16. The van der Waals surface area contributed by atoms with E-state index in [1.807, 2.05) is 0 Å². The third-order valence-electron chi connectivity index (χ3n) is 6.73. The van der Waals surface area contributed by atoms with Crippen LogP contribution in [0.2, 0.25) is 0 Å². The van der Waals surface area contributed by atoms with E-state index in [1.165, 1.54) is 22.7 Å². The number of fused-ring (bicyclic) bond motifs is 1. The van der Waals surface area contributed by atoms with E-state index in [9.17, 15) is 9.90 Å². The first-order valence-corrected chi connectivity index (χ1v) is 11.7. The van der Waals surface area contributed by atoms with Crippen molar-refractivity contribution in [1.29, 1.82) is 0 Å². The van der Waals surface area contributed by atoms with Crippen molar-refractivity contribution in [3.63, 3.8) is 0 Å². The van der Waals surface area contributed by atoms with Crippen LogP contribution >= 0.6 is 0 Å². The Kier molecular flexibility index (Phi) is 7.15. The fraction of sp³-hybridized carbons (Fsp3) is 0.481. The molecule has 2 aromatic carbocycles.